The Morgan fingerprint density at radius 1 is 0.913 bits per heavy atom. The maximum atomic E-state index is 6.05. The molecule has 116 valence electrons. The second-order valence-electron chi connectivity index (χ2n) is 4.90. The normalized spacial score (nSPS) is 10.5. The van der Waals surface area contributed by atoms with Gasteiger partial charge in [-0.15, -0.1) is 11.8 Å². The Labute approximate surface area is 149 Å². The second-order valence-corrected chi connectivity index (χ2v) is 6.82. The summed E-state index contributed by atoms with van der Waals surface area (Å²) in [6, 6.07) is 19.7. The molecular formula is C18H14Cl2N2S. The average molecular weight is 361 g/mol. The van der Waals surface area contributed by atoms with Gasteiger partial charge in [0, 0.05) is 38.1 Å². The van der Waals surface area contributed by atoms with Gasteiger partial charge in [0.1, 0.15) is 5.82 Å². The van der Waals surface area contributed by atoms with Crippen LogP contribution in [0.25, 0.3) is 0 Å². The van der Waals surface area contributed by atoms with Crippen LogP contribution in [0.15, 0.2) is 71.8 Å². The minimum atomic E-state index is 0.594. The maximum absolute atomic E-state index is 6.05. The molecule has 0 spiro atoms. The summed E-state index contributed by atoms with van der Waals surface area (Å²) in [4.78, 5) is 5.66. The number of thioether (sulfide) groups is 1. The van der Waals surface area contributed by atoms with Gasteiger partial charge in [-0.2, -0.15) is 0 Å². The van der Waals surface area contributed by atoms with E-state index in [1.54, 1.807) is 24.0 Å². The number of rotatable bonds is 5. The molecule has 0 saturated carbocycles. The predicted octanol–water partition coefficient (Wildman–Crippen LogP) is 6.42. The van der Waals surface area contributed by atoms with Gasteiger partial charge in [0.25, 0.3) is 0 Å². The monoisotopic (exact) mass is 360 g/mol. The molecule has 0 fully saturated rings. The van der Waals surface area contributed by atoms with Crippen LogP contribution in [0.4, 0.5) is 11.5 Å². The molecule has 3 rings (SSSR count). The molecule has 0 unspecified atom stereocenters. The average Bonchev–Trinajstić information content (AvgIpc) is 2.54. The molecule has 0 atom stereocenters. The number of pyridine rings is 1. The Bertz CT molecular complexity index is 774. The number of halogens is 2. The summed E-state index contributed by atoms with van der Waals surface area (Å²) in [5.41, 5.74) is 1.95. The zero-order valence-corrected chi connectivity index (χ0v) is 14.5. The van der Waals surface area contributed by atoms with E-state index in [9.17, 15) is 0 Å². The first-order valence-electron chi connectivity index (χ1n) is 7.05. The van der Waals surface area contributed by atoms with Crippen molar-refractivity contribution in [2.24, 2.45) is 0 Å². The van der Waals surface area contributed by atoms with Crippen LogP contribution >= 0.6 is 35.0 Å². The van der Waals surface area contributed by atoms with E-state index in [2.05, 4.69) is 28.5 Å². The lowest BCUT2D eigenvalue weighted by Gasteiger charge is -2.11. The quantitative estimate of drug-likeness (QED) is 0.531. The Hall–Kier alpha value is -1.68. The predicted molar refractivity (Wildman–Crippen MR) is 100.0 cm³/mol. The van der Waals surface area contributed by atoms with Gasteiger partial charge in [-0.25, -0.2) is 4.98 Å². The lowest BCUT2D eigenvalue weighted by atomic mass is 10.2. The SMILES string of the molecule is Clc1cc(Cl)cc(Nc2ncccc2CSc2ccccc2)c1. The number of nitrogens with zero attached hydrogens (tertiary/aromatic N) is 1. The van der Waals surface area contributed by atoms with E-state index in [1.165, 1.54) is 4.90 Å². The van der Waals surface area contributed by atoms with Crippen molar-refractivity contribution >= 4 is 46.5 Å². The fourth-order valence-electron chi connectivity index (χ4n) is 2.11. The largest absolute Gasteiger partial charge is 0.340 e. The zero-order chi connectivity index (χ0) is 16.1. The number of benzene rings is 2. The van der Waals surface area contributed by atoms with Crippen LogP contribution in [-0.2, 0) is 5.75 Å². The molecule has 0 aliphatic rings. The molecule has 5 heteroatoms. The van der Waals surface area contributed by atoms with Crippen LogP contribution in [-0.4, -0.2) is 4.98 Å². The number of hydrogen-bond donors (Lipinski definition) is 1. The van der Waals surface area contributed by atoms with E-state index in [4.69, 9.17) is 23.2 Å². The highest BCUT2D eigenvalue weighted by atomic mass is 35.5. The van der Waals surface area contributed by atoms with Crippen molar-refractivity contribution < 1.29 is 0 Å². The number of hydrogen-bond acceptors (Lipinski definition) is 3. The highest BCUT2D eigenvalue weighted by Crippen LogP contribution is 2.29. The van der Waals surface area contributed by atoms with Crippen LogP contribution in [0.5, 0.6) is 0 Å². The second kappa shape index (κ2) is 7.73. The molecule has 1 heterocycles. The van der Waals surface area contributed by atoms with Gasteiger partial charge < -0.3 is 5.32 Å². The standard InChI is InChI=1S/C18H14Cl2N2S/c19-14-9-15(20)11-16(10-14)22-18-13(5-4-8-21-18)12-23-17-6-2-1-3-7-17/h1-11H,12H2,(H,21,22). The Morgan fingerprint density at radius 2 is 1.65 bits per heavy atom. The van der Waals surface area contributed by atoms with Crippen molar-refractivity contribution in [2.75, 3.05) is 5.32 Å². The number of aromatic nitrogens is 1. The molecule has 1 aromatic heterocycles. The zero-order valence-electron chi connectivity index (χ0n) is 12.2. The maximum Gasteiger partial charge on any atom is 0.134 e. The van der Waals surface area contributed by atoms with E-state index < -0.39 is 0 Å². The molecule has 0 aliphatic heterocycles. The first-order chi connectivity index (χ1) is 11.2. The van der Waals surface area contributed by atoms with Crippen LogP contribution in [0.2, 0.25) is 10.0 Å². The summed E-state index contributed by atoms with van der Waals surface area (Å²) in [6.07, 6.45) is 1.77. The first kappa shape index (κ1) is 16.2. The molecule has 0 radical (unpaired) electrons. The third-order valence-corrected chi connectivity index (χ3v) is 4.65. The Kier molecular flexibility index (Phi) is 5.44. The van der Waals surface area contributed by atoms with E-state index >= 15 is 0 Å². The van der Waals surface area contributed by atoms with Gasteiger partial charge in [0.2, 0.25) is 0 Å². The van der Waals surface area contributed by atoms with E-state index in [0.717, 1.165) is 22.8 Å². The van der Waals surface area contributed by atoms with Gasteiger partial charge >= 0.3 is 0 Å². The molecule has 0 aliphatic carbocycles. The van der Waals surface area contributed by atoms with Crippen LogP contribution in [0.1, 0.15) is 5.56 Å². The fraction of sp³-hybridized carbons (Fsp3) is 0.0556. The lowest BCUT2D eigenvalue weighted by Crippen LogP contribution is -1.98. The molecule has 0 saturated heterocycles. The molecule has 2 aromatic carbocycles. The summed E-state index contributed by atoms with van der Waals surface area (Å²) in [6.45, 7) is 0. The topological polar surface area (TPSA) is 24.9 Å². The first-order valence-corrected chi connectivity index (χ1v) is 8.80. The van der Waals surface area contributed by atoms with E-state index in [-0.39, 0.29) is 0 Å². The van der Waals surface area contributed by atoms with Gasteiger partial charge in [0.05, 0.1) is 0 Å². The van der Waals surface area contributed by atoms with Gasteiger partial charge in [-0.05, 0) is 36.4 Å². The summed E-state index contributed by atoms with van der Waals surface area (Å²) >= 11 is 13.9. The molecule has 0 bridgehead atoms. The van der Waals surface area contributed by atoms with Gasteiger partial charge in [0.15, 0.2) is 0 Å². The Balaban J connectivity index is 1.77. The smallest absolute Gasteiger partial charge is 0.134 e. The fourth-order valence-corrected chi connectivity index (χ4v) is 3.54. The molecule has 3 aromatic rings. The third kappa shape index (κ3) is 4.64. The van der Waals surface area contributed by atoms with Crippen molar-refractivity contribution in [3.8, 4) is 0 Å². The molecule has 23 heavy (non-hydrogen) atoms. The van der Waals surface area contributed by atoms with Crippen molar-refractivity contribution in [1.29, 1.82) is 0 Å². The van der Waals surface area contributed by atoms with Crippen molar-refractivity contribution in [1.82, 2.24) is 4.98 Å². The highest BCUT2D eigenvalue weighted by Gasteiger charge is 2.06. The van der Waals surface area contributed by atoms with Crippen molar-refractivity contribution in [3.63, 3.8) is 0 Å². The van der Waals surface area contributed by atoms with Crippen molar-refractivity contribution in [3.05, 3.63) is 82.5 Å². The molecule has 1 N–H and O–H groups in total. The highest BCUT2D eigenvalue weighted by molar-refractivity contribution is 7.98. The molecular weight excluding hydrogens is 347 g/mol. The third-order valence-electron chi connectivity index (χ3n) is 3.15. The van der Waals surface area contributed by atoms with Gasteiger partial charge in [-0.3, -0.25) is 0 Å². The molecule has 0 amide bonds. The summed E-state index contributed by atoms with van der Waals surface area (Å²) in [5.74, 6) is 1.64. The summed E-state index contributed by atoms with van der Waals surface area (Å²) < 4.78 is 0. The van der Waals surface area contributed by atoms with E-state index in [0.29, 0.717) is 10.0 Å². The van der Waals surface area contributed by atoms with Crippen LogP contribution in [0, 0.1) is 0 Å². The van der Waals surface area contributed by atoms with Crippen LogP contribution in [0.3, 0.4) is 0 Å². The minimum absolute atomic E-state index is 0.594. The minimum Gasteiger partial charge on any atom is -0.340 e. The molecule has 2 nitrogen and oxygen atoms in total. The van der Waals surface area contributed by atoms with Crippen molar-refractivity contribution in [2.45, 2.75) is 10.6 Å². The summed E-state index contributed by atoms with van der Waals surface area (Å²) in [5, 5.41) is 4.48. The Morgan fingerprint density at radius 3 is 2.39 bits per heavy atom. The number of nitrogens with one attached hydrogen (secondary N) is 1. The van der Waals surface area contributed by atoms with Crippen LogP contribution < -0.4 is 5.32 Å². The summed E-state index contributed by atoms with van der Waals surface area (Å²) in [7, 11) is 0. The number of anilines is 2. The lowest BCUT2D eigenvalue weighted by molar-refractivity contribution is 1.24. The van der Waals surface area contributed by atoms with E-state index in [1.807, 2.05) is 36.4 Å². The van der Waals surface area contributed by atoms with Gasteiger partial charge in [-0.1, -0.05) is 47.5 Å².